The maximum absolute atomic E-state index is 12.3. The monoisotopic (exact) mass is 251 g/mol. The molecule has 3 unspecified atom stereocenters. The van der Waals surface area contributed by atoms with E-state index in [4.69, 9.17) is 0 Å². The van der Waals surface area contributed by atoms with Gasteiger partial charge in [0.1, 0.15) is 0 Å². The minimum atomic E-state index is 0.411. The summed E-state index contributed by atoms with van der Waals surface area (Å²) >= 11 is 0. The maximum atomic E-state index is 12.3. The summed E-state index contributed by atoms with van der Waals surface area (Å²) in [6.45, 7) is 11.3. The van der Waals surface area contributed by atoms with Gasteiger partial charge in [-0.3, -0.25) is 4.79 Å². The van der Waals surface area contributed by atoms with E-state index in [9.17, 15) is 4.79 Å². The van der Waals surface area contributed by atoms with Crippen LogP contribution in [0.2, 0.25) is 0 Å². The van der Waals surface area contributed by atoms with E-state index in [0.29, 0.717) is 23.2 Å². The molecule has 18 heavy (non-hydrogen) atoms. The summed E-state index contributed by atoms with van der Waals surface area (Å²) in [5.74, 6) is 2.51. The van der Waals surface area contributed by atoms with Crippen molar-refractivity contribution in [2.24, 2.45) is 23.2 Å². The summed E-state index contributed by atoms with van der Waals surface area (Å²) in [7, 11) is 0. The van der Waals surface area contributed by atoms with Gasteiger partial charge in [0.2, 0.25) is 5.91 Å². The Morgan fingerprint density at radius 2 is 1.94 bits per heavy atom. The predicted octanol–water partition coefficient (Wildman–Crippen LogP) is 3.71. The van der Waals surface area contributed by atoms with Gasteiger partial charge >= 0.3 is 0 Å². The van der Waals surface area contributed by atoms with Crippen molar-refractivity contribution in [3.05, 3.63) is 0 Å². The Labute approximate surface area is 112 Å². The van der Waals surface area contributed by atoms with E-state index in [1.807, 2.05) is 0 Å². The zero-order chi connectivity index (χ0) is 13.3. The van der Waals surface area contributed by atoms with E-state index >= 15 is 0 Å². The number of hydrogen-bond donors (Lipinski definition) is 0. The maximum Gasteiger partial charge on any atom is 0.222 e. The van der Waals surface area contributed by atoms with Crippen LogP contribution in [-0.2, 0) is 4.79 Å². The van der Waals surface area contributed by atoms with Gasteiger partial charge in [0.15, 0.2) is 0 Å². The number of likely N-dealkylation sites (tertiary alicyclic amines) is 1. The van der Waals surface area contributed by atoms with Crippen molar-refractivity contribution in [3.63, 3.8) is 0 Å². The van der Waals surface area contributed by atoms with Crippen molar-refractivity contribution >= 4 is 5.91 Å². The molecule has 0 aromatic rings. The van der Waals surface area contributed by atoms with Gasteiger partial charge in [-0.15, -0.1) is 0 Å². The molecule has 0 spiro atoms. The molecular formula is C16H29NO. The van der Waals surface area contributed by atoms with Crippen LogP contribution < -0.4 is 0 Å². The van der Waals surface area contributed by atoms with Crippen molar-refractivity contribution in [3.8, 4) is 0 Å². The fourth-order valence-corrected chi connectivity index (χ4v) is 4.24. The van der Waals surface area contributed by atoms with Gasteiger partial charge in [-0.05, 0) is 48.9 Å². The Hall–Kier alpha value is -0.530. The Morgan fingerprint density at radius 1 is 1.22 bits per heavy atom. The number of carbonyl (C=O) groups is 1. The molecule has 1 aliphatic heterocycles. The van der Waals surface area contributed by atoms with Crippen LogP contribution in [0.15, 0.2) is 0 Å². The first-order chi connectivity index (χ1) is 8.35. The number of rotatable bonds is 2. The lowest BCUT2D eigenvalue weighted by atomic mass is 9.67. The normalized spacial score (nSPS) is 35.8. The second kappa shape index (κ2) is 5.22. The molecule has 1 amide bonds. The van der Waals surface area contributed by atoms with Crippen molar-refractivity contribution in [2.75, 3.05) is 13.1 Å². The third-order valence-corrected chi connectivity index (χ3v) is 4.72. The van der Waals surface area contributed by atoms with Crippen molar-refractivity contribution < 1.29 is 4.79 Å². The lowest BCUT2D eigenvalue weighted by molar-refractivity contribution is -0.132. The first-order valence-electron chi connectivity index (χ1n) is 7.63. The molecule has 2 aliphatic rings. The Morgan fingerprint density at radius 3 is 2.50 bits per heavy atom. The van der Waals surface area contributed by atoms with Gasteiger partial charge in [0.25, 0.3) is 0 Å². The molecule has 0 bridgehead atoms. The second-order valence-corrected chi connectivity index (χ2v) is 7.72. The van der Waals surface area contributed by atoms with Crippen LogP contribution >= 0.6 is 0 Å². The Kier molecular flexibility index (Phi) is 4.03. The summed E-state index contributed by atoms with van der Waals surface area (Å²) in [6, 6.07) is 0. The summed E-state index contributed by atoms with van der Waals surface area (Å²) < 4.78 is 0. The molecular weight excluding hydrogens is 222 g/mol. The van der Waals surface area contributed by atoms with Gasteiger partial charge in [-0.2, -0.15) is 0 Å². The highest BCUT2D eigenvalue weighted by molar-refractivity contribution is 5.76. The Bertz CT molecular complexity index is 310. The first kappa shape index (κ1) is 13.9. The molecule has 0 N–H and O–H groups in total. The standard InChI is InChI=1S/C16H29NO/c1-12-5-6-17(11-12)15(18)8-14-7-13(2)9-16(3,4)10-14/h12-14H,5-11H2,1-4H3. The van der Waals surface area contributed by atoms with Crippen LogP contribution in [0.4, 0.5) is 0 Å². The quantitative estimate of drug-likeness (QED) is 0.732. The molecule has 0 aromatic carbocycles. The second-order valence-electron chi connectivity index (χ2n) is 7.72. The van der Waals surface area contributed by atoms with Gasteiger partial charge in [-0.1, -0.05) is 27.7 Å². The predicted molar refractivity (Wildman–Crippen MR) is 75.3 cm³/mol. The molecule has 2 heteroatoms. The van der Waals surface area contributed by atoms with Crippen molar-refractivity contribution in [1.29, 1.82) is 0 Å². The Balaban J connectivity index is 1.87. The smallest absolute Gasteiger partial charge is 0.222 e. The highest BCUT2D eigenvalue weighted by Gasteiger charge is 2.34. The third-order valence-electron chi connectivity index (χ3n) is 4.72. The van der Waals surface area contributed by atoms with Crippen LogP contribution in [0.25, 0.3) is 0 Å². The third kappa shape index (κ3) is 3.49. The fourth-order valence-electron chi connectivity index (χ4n) is 4.24. The highest BCUT2D eigenvalue weighted by Crippen LogP contribution is 2.43. The summed E-state index contributed by atoms with van der Waals surface area (Å²) in [6.07, 6.45) is 5.78. The van der Waals surface area contributed by atoms with Gasteiger partial charge in [0, 0.05) is 19.5 Å². The molecule has 1 aliphatic carbocycles. The zero-order valence-electron chi connectivity index (χ0n) is 12.5. The van der Waals surface area contributed by atoms with Crippen LogP contribution in [-0.4, -0.2) is 23.9 Å². The van der Waals surface area contributed by atoms with Crippen molar-refractivity contribution in [2.45, 2.75) is 59.8 Å². The number of nitrogens with zero attached hydrogens (tertiary/aromatic N) is 1. The van der Waals surface area contributed by atoms with Crippen LogP contribution in [0.3, 0.4) is 0 Å². The molecule has 2 nitrogen and oxygen atoms in total. The topological polar surface area (TPSA) is 20.3 Å². The lowest BCUT2D eigenvalue weighted by Crippen LogP contribution is -2.34. The number of hydrogen-bond acceptors (Lipinski definition) is 1. The largest absolute Gasteiger partial charge is 0.342 e. The highest BCUT2D eigenvalue weighted by atomic mass is 16.2. The zero-order valence-corrected chi connectivity index (χ0v) is 12.5. The van der Waals surface area contributed by atoms with Crippen LogP contribution in [0, 0.1) is 23.2 Å². The molecule has 1 saturated carbocycles. The van der Waals surface area contributed by atoms with E-state index in [0.717, 1.165) is 25.4 Å². The van der Waals surface area contributed by atoms with E-state index in [1.165, 1.54) is 25.7 Å². The summed E-state index contributed by atoms with van der Waals surface area (Å²) in [4.78, 5) is 14.4. The lowest BCUT2D eigenvalue weighted by Gasteiger charge is -2.39. The summed E-state index contributed by atoms with van der Waals surface area (Å²) in [5, 5.41) is 0. The average Bonchev–Trinajstić information content (AvgIpc) is 2.61. The van der Waals surface area contributed by atoms with E-state index in [2.05, 4.69) is 32.6 Å². The molecule has 2 fully saturated rings. The van der Waals surface area contributed by atoms with Crippen LogP contribution in [0.1, 0.15) is 59.8 Å². The van der Waals surface area contributed by atoms with E-state index < -0.39 is 0 Å². The van der Waals surface area contributed by atoms with Gasteiger partial charge < -0.3 is 4.90 Å². The SMILES string of the molecule is CC1CCN(C(=O)CC2CC(C)CC(C)(C)C2)C1. The van der Waals surface area contributed by atoms with Gasteiger partial charge in [0.05, 0.1) is 0 Å². The number of amides is 1. The minimum Gasteiger partial charge on any atom is -0.342 e. The molecule has 0 radical (unpaired) electrons. The van der Waals surface area contributed by atoms with E-state index in [1.54, 1.807) is 0 Å². The molecule has 0 aromatic heterocycles. The number of carbonyl (C=O) groups excluding carboxylic acids is 1. The molecule has 1 saturated heterocycles. The van der Waals surface area contributed by atoms with E-state index in [-0.39, 0.29) is 0 Å². The van der Waals surface area contributed by atoms with Crippen LogP contribution in [0.5, 0.6) is 0 Å². The fraction of sp³-hybridized carbons (Fsp3) is 0.938. The average molecular weight is 251 g/mol. The first-order valence-corrected chi connectivity index (χ1v) is 7.63. The molecule has 2 rings (SSSR count). The molecule has 104 valence electrons. The molecule has 1 heterocycles. The summed E-state index contributed by atoms with van der Waals surface area (Å²) in [5.41, 5.74) is 0.431. The minimum absolute atomic E-state index is 0.411. The van der Waals surface area contributed by atoms with Crippen molar-refractivity contribution in [1.82, 2.24) is 4.90 Å². The molecule has 3 atom stereocenters. The van der Waals surface area contributed by atoms with Gasteiger partial charge in [-0.25, -0.2) is 0 Å².